The van der Waals surface area contributed by atoms with Crippen molar-refractivity contribution in [3.8, 4) is 0 Å². The molecular formula is C22H23N3O. The molecule has 1 saturated heterocycles. The Morgan fingerprint density at radius 3 is 2.38 bits per heavy atom. The molecule has 26 heavy (non-hydrogen) atoms. The second-order valence-corrected chi connectivity index (χ2v) is 6.86. The van der Waals surface area contributed by atoms with Gasteiger partial charge in [0.25, 0.3) is 0 Å². The highest BCUT2D eigenvalue weighted by molar-refractivity contribution is 5.94. The monoisotopic (exact) mass is 345 g/mol. The Bertz CT molecular complexity index is 912. The number of Topliss-reactive ketones (excluding diaryl/α,β-unsaturated/α-hetero) is 1. The van der Waals surface area contributed by atoms with Gasteiger partial charge in [-0.25, -0.2) is 0 Å². The lowest BCUT2D eigenvalue weighted by atomic mass is 10.1. The van der Waals surface area contributed by atoms with Gasteiger partial charge in [0.15, 0.2) is 5.78 Å². The Balaban J connectivity index is 1.37. The van der Waals surface area contributed by atoms with Crippen molar-refractivity contribution in [2.24, 2.45) is 0 Å². The molecule has 0 unspecified atom stereocenters. The van der Waals surface area contributed by atoms with Gasteiger partial charge in [0.1, 0.15) is 0 Å². The minimum Gasteiger partial charge on any atom is -0.369 e. The Hall–Kier alpha value is -2.72. The fraction of sp³-hybridized carbons (Fsp3) is 0.273. The lowest BCUT2D eigenvalue weighted by molar-refractivity contribution is 0.101. The van der Waals surface area contributed by atoms with E-state index < -0.39 is 0 Å². The van der Waals surface area contributed by atoms with E-state index in [1.165, 1.54) is 11.1 Å². The second-order valence-electron chi connectivity index (χ2n) is 6.86. The lowest BCUT2D eigenvalue weighted by Gasteiger charge is -2.36. The summed E-state index contributed by atoms with van der Waals surface area (Å²) in [7, 11) is 0. The van der Waals surface area contributed by atoms with Crippen molar-refractivity contribution in [1.82, 2.24) is 9.88 Å². The maximum atomic E-state index is 11.4. The molecule has 4 heteroatoms. The van der Waals surface area contributed by atoms with Crippen molar-refractivity contribution in [3.05, 3.63) is 71.9 Å². The molecule has 0 radical (unpaired) electrons. The molecule has 4 nitrogen and oxygen atoms in total. The number of piperazine rings is 1. The van der Waals surface area contributed by atoms with E-state index in [0.717, 1.165) is 49.5 Å². The third-order valence-corrected chi connectivity index (χ3v) is 5.05. The Morgan fingerprint density at radius 1 is 0.923 bits per heavy atom. The van der Waals surface area contributed by atoms with Gasteiger partial charge in [0.05, 0.1) is 11.2 Å². The van der Waals surface area contributed by atoms with Gasteiger partial charge in [-0.05, 0) is 43.3 Å². The number of benzene rings is 2. The largest absolute Gasteiger partial charge is 0.369 e. The number of fused-ring (bicyclic) bond motifs is 1. The molecule has 0 amide bonds. The molecule has 1 fully saturated rings. The van der Waals surface area contributed by atoms with Gasteiger partial charge in [-0.15, -0.1) is 0 Å². The first kappa shape index (κ1) is 16.7. The molecule has 4 rings (SSSR count). The molecule has 0 atom stereocenters. The quantitative estimate of drug-likeness (QED) is 0.675. The molecule has 3 aromatic rings. The van der Waals surface area contributed by atoms with Gasteiger partial charge >= 0.3 is 0 Å². The van der Waals surface area contributed by atoms with Crippen LogP contribution in [0.15, 0.2) is 60.7 Å². The number of carbonyl (C=O) groups excluding carboxylic acids is 1. The van der Waals surface area contributed by atoms with Crippen molar-refractivity contribution in [3.63, 3.8) is 0 Å². The first-order valence-corrected chi connectivity index (χ1v) is 9.12. The first-order valence-electron chi connectivity index (χ1n) is 9.12. The molecule has 0 aliphatic carbocycles. The van der Waals surface area contributed by atoms with Crippen LogP contribution in [0, 0.1) is 0 Å². The van der Waals surface area contributed by atoms with E-state index in [-0.39, 0.29) is 5.78 Å². The second kappa shape index (κ2) is 7.26. The fourth-order valence-corrected chi connectivity index (χ4v) is 3.50. The summed E-state index contributed by atoms with van der Waals surface area (Å²) in [6, 6.07) is 20.5. The van der Waals surface area contributed by atoms with Crippen molar-refractivity contribution in [2.45, 2.75) is 13.5 Å². The first-order chi connectivity index (χ1) is 12.7. The normalized spacial score (nSPS) is 15.3. The van der Waals surface area contributed by atoms with Gasteiger partial charge < -0.3 is 4.90 Å². The molecule has 1 aliphatic rings. The number of hydrogen-bond acceptors (Lipinski definition) is 4. The molecule has 0 spiro atoms. The number of rotatable bonds is 4. The van der Waals surface area contributed by atoms with Crippen molar-refractivity contribution < 1.29 is 4.79 Å². The van der Waals surface area contributed by atoms with E-state index in [0.29, 0.717) is 0 Å². The van der Waals surface area contributed by atoms with Crippen LogP contribution in [0.1, 0.15) is 23.0 Å². The van der Waals surface area contributed by atoms with Crippen LogP contribution in [0.5, 0.6) is 0 Å². The van der Waals surface area contributed by atoms with Gasteiger partial charge in [-0.1, -0.05) is 24.3 Å². The van der Waals surface area contributed by atoms with E-state index in [4.69, 9.17) is 4.98 Å². The molecule has 2 heterocycles. The number of anilines is 1. The van der Waals surface area contributed by atoms with E-state index >= 15 is 0 Å². The summed E-state index contributed by atoms with van der Waals surface area (Å²) in [6.45, 7) is 6.52. The summed E-state index contributed by atoms with van der Waals surface area (Å²) < 4.78 is 0. The molecule has 1 aromatic heterocycles. The maximum Gasteiger partial charge on any atom is 0.159 e. The summed E-state index contributed by atoms with van der Waals surface area (Å²) in [4.78, 5) is 21.0. The predicted molar refractivity (Wildman–Crippen MR) is 106 cm³/mol. The van der Waals surface area contributed by atoms with Gasteiger partial charge in [-0.2, -0.15) is 0 Å². The van der Waals surface area contributed by atoms with Crippen LogP contribution in [0.4, 0.5) is 5.69 Å². The molecule has 0 bridgehead atoms. The smallest absolute Gasteiger partial charge is 0.159 e. The maximum absolute atomic E-state index is 11.4. The third-order valence-electron chi connectivity index (χ3n) is 5.05. The number of pyridine rings is 1. The van der Waals surface area contributed by atoms with Crippen LogP contribution < -0.4 is 4.90 Å². The highest BCUT2D eigenvalue weighted by Gasteiger charge is 2.18. The van der Waals surface area contributed by atoms with Gasteiger partial charge in [0, 0.05) is 49.4 Å². The van der Waals surface area contributed by atoms with Crippen LogP contribution in [-0.4, -0.2) is 41.8 Å². The molecule has 0 N–H and O–H groups in total. The van der Waals surface area contributed by atoms with Crippen LogP contribution in [0.2, 0.25) is 0 Å². The Kier molecular flexibility index (Phi) is 4.67. The van der Waals surface area contributed by atoms with Crippen molar-refractivity contribution in [1.29, 1.82) is 0 Å². The standard InChI is InChI=1S/C22H23N3O/c1-17(26)18-7-10-21(11-8-18)25-14-12-24(13-15-25)16-20-9-6-19-4-2-3-5-22(19)23-20/h2-11H,12-16H2,1H3. The zero-order chi connectivity index (χ0) is 17.9. The SMILES string of the molecule is CC(=O)c1ccc(N2CCN(Cc3ccc4ccccc4n3)CC2)cc1. The van der Waals surface area contributed by atoms with Crippen LogP contribution >= 0.6 is 0 Å². The highest BCUT2D eigenvalue weighted by atomic mass is 16.1. The number of nitrogens with zero attached hydrogens (tertiary/aromatic N) is 3. The van der Waals surface area contributed by atoms with Crippen molar-refractivity contribution >= 4 is 22.4 Å². The van der Waals surface area contributed by atoms with E-state index in [1.54, 1.807) is 6.92 Å². The number of hydrogen-bond donors (Lipinski definition) is 0. The molecule has 132 valence electrons. The van der Waals surface area contributed by atoms with E-state index in [9.17, 15) is 4.79 Å². The summed E-state index contributed by atoms with van der Waals surface area (Å²) in [5.41, 5.74) is 4.16. The summed E-state index contributed by atoms with van der Waals surface area (Å²) in [5, 5.41) is 1.19. The van der Waals surface area contributed by atoms with Gasteiger partial charge in [0.2, 0.25) is 0 Å². The zero-order valence-electron chi connectivity index (χ0n) is 15.1. The summed E-state index contributed by atoms with van der Waals surface area (Å²) in [5.74, 6) is 0.115. The number of carbonyl (C=O) groups is 1. The number of aromatic nitrogens is 1. The summed E-state index contributed by atoms with van der Waals surface area (Å²) >= 11 is 0. The fourth-order valence-electron chi connectivity index (χ4n) is 3.50. The van der Waals surface area contributed by atoms with Crippen LogP contribution in [0.25, 0.3) is 10.9 Å². The number of ketones is 1. The minimum atomic E-state index is 0.115. The topological polar surface area (TPSA) is 36.4 Å². The number of para-hydroxylation sites is 1. The van der Waals surface area contributed by atoms with E-state index in [2.05, 4.69) is 46.2 Å². The average molecular weight is 345 g/mol. The lowest BCUT2D eigenvalue weighted by Crippen LogP contribution is -2.46. The van der Waals surface area contributed by atoms with Crippen molar-refractivity contribution in [2.75, 3.05) is 31.1 Å². The van der Waals surface area contributed by atoms with Gasteiger partial charge in [-0.3, -0.25) is 14.7 Å². The third kappa shape index (κ3) is 3.60. The Morgan fingerprint density at radius 2 is 1.65 bits per heavy atom. The zero-order valence-corrected chi connectivity index (χ0v) is 15.1. The molecule has 1 aliphatic heterocycles. The summed E-state index contributed by atoms with van der Waals surface area (Å²) in [6.07, 6.45) is 0. The predicted octanol–water partition coefficient (Wildman–Crippen LogP) is 3.76. The molecular weight excluding hydrogens is 322 g/mol. The Labute approximate surface area is 154 Å². The average Bonchev–Trinajstić information content (AvgIpc) is 2.68. The van der Waals surface area contributed by atoms with Crippen LogP contribution in [0.3, 0.4) is 0 Å². The molecule has 0 saturated carbocycles. The van der Waals surface area contributed by atoms with Crippen LogP contribution in [-0.2, 0) is 6.54 Å². The minimum absolute atomic E-state index is 0.115. The highest BCUT2D eigenvalue weighted by Crippen LogP contribution is 2.19. The molecule has 2 aromatic carbocycles. The van der Waals surface area contributed by atoms with E-state index in [1.807, 2.05) is 24.3 Å².